The molecule has 0 heterocycles. The lowest BCUT2D eigenvalue weighted by Gasteiger charge is -2.11. The second-order valence-electron chi connectivity index (χ2n) is 5.26. The van der Waals surface area contributed by atoms with Crippen LogP contribution in [0.3, 0.4) is 0 Å². The fraction of sp³-hybridized carbons (Fsp3) is 0.500. The van der Waals surface area contributed by atoms with Gasteiger partial charge in [-0.1, -0.05) is 17.7 Å². The number of carbonyl (C=O) groups is 1. The van der Waals surface area contributed by atoms with E-state index in [-0.39, 0.29) is 10.8 Å². The zero-order valence-electron chi connectivity index (χ0n) is 11.9. The third-order valence-corrected chi connectivity index (χ3v) is 4.78. The standard InChI is InChI=1S/C14H19ClN2O3S/c1-21(19,20)13-4-2-3-12(15)11(13)9-16-8-7-14(18)17-10-5-6-10/h2-4,10,16H,5-9H2,1H3,(H,17,18). The number of hydrogen-bond acceptors (Lipinski definition) is 4. The van der Waals surface area contributed by atoms with Crippen LogP contribution >= 0.6 is 11.6 Å². The van der Waals surface area contributed by atoms with Crippen molar-refractivity contribution in [2.75, 3.05) is 12.8 Å². The minimum Gasteiger partial charge on any atom is -0.353 e. The molecule has 116 valence electrons. The van der Waals surface area contributed by atoms with Crippen LogP contribution in [0, 0.1) is 0 Å². The Balaban J connectivity index is 1.89. The molecule has 0 spiro atoms. The van der Waals surface area contributed by atoms with Gasteiger partial charge in [0.15, 0.2) is 9.84 Å². The van der Waals surface area contributed by atoms with E-state index in [1.165, 1.54) is 6.07 Å². The molecule has 0 aliphatic heterocycles. The van der Waals surface area contributed by atoms with Crippen molar-refractivity contribution < 1.29 is 13.2 Å². The van der Waals surface area contributed by atoms with Gasteiger partial charge in [-0.15, -0.1) is 0 Å². The van der Waals surface area contributed by atoms with E-state index in [2.05, 4.69) is 10.6 Å². The molecule has 2 rings (SSSR count). The molecular formula is C14H19ClN2O3S. The van der Waals surface area contributed by atoms with Crippen molar-refractivity contribution in [3.8, 4) is 0 Å². The molecule has 0 saturated heterocycles. The molecule has 0 unspecified atom stereocenters. The molecule has 0 aromatic heterocycles. The van der Waals surface area contributed by atoms with E-state index in [4.69, 9.17) is 11.6 Å². The summed E-state index contributed by atoms with van der Waals surface area (Å²) in [5, 5.41) is 6.38. The molecule has 1 fully saturated rings. The van der Waals surface area contributed by atoms with Crippen LogP contribution in [0.5, 0.6) is 0 Å². The van der Waals surface area contributed by atoms with Gasteiger partial charge in [0.1, 0.15) is 0 Å². The van der Waals surface area contributed by atoms with Crippen molar-refractivity contribution in [2.24, 2.45) is 0 Å². The van der Waals surface area contributed by atoms with Crippen LogP contribution in [0.4, 0.5) is 0 Å². The van der Waals surface area contributed by atoms with E-state index in [9.17, 15) is 13.2 Å². The summed E-state index contributed by atoms with van der Waals surface area (Å²) in [7, 11) is -3.32. The predicted octanol–water partition coefficient (Wildman–Crippen LogP) is 1.50. The van der Waals surface area contributed by atoms with Crippen molar-refractivity contribution in [2.45, 2.75) is 36.7 Å². The van der Waals surface area contributed by atoms with E-state index in [1.807, 2.05) is 0 Å². The number of nitrogens with one attached hydrogen (secondary N) is 2. The first kappa shape index (κ1) is 16.3. The smallest absolute Gasteiger partial charge is 0.221 e. The Bertz CT molecular complexity index is 627. The van der Waals surface area contributed by atoms with Gasteiger partial charge in [-0.05, 0) is 25.0 Å². The third-order valence-electron chi connectivity index (χ3n) is 3.25. The van der Waals surface area contributed by atoms with Gasteiger partial charge in [0, 0.05) is 42.4 Å². The first-order chi connectivity index (χ1) is 9.88. The molecule has 0 atom stereocenters. The highest BCUT2D eigenvalue weighted by atomic mass is 35.5. The Hall–Kier alpha value is -1.11. The maximum absolute atomic E-state index is 11.7. The number of hydrogen-bond donors (Lipinski definition) is 2. The fourth-order valence-electron chi connectivity index (χ4n) is 2.00. The summed E-state index contributed by atoms with van der Waals surface area (Å²) in [6.45, 7) is 0.797. The minimum atomic E-state index is -3.32. The van der Waals surface area contributed by atoms with Crippen LogP contribution in [0.1, 0.15) is 24.8 Å². The van der Waals surface area contributed by atoms with Gasteiger partial charge in [-0.3, -0.25) is 4.79 Å². The summed E-state index contributed by atoms with van der Waals surface area (Å²) in [5.74, 6) is 0.0208. The Morgan fingerprint density at radius 2 is 2.10 bits per heavy atom. The average molecular weight is 331 g/mol. The van der Waals surface area contributed by atoms with Gasteiger partial charge >= 0.3 is 0 Å². The molecule has 5 nitrogen and oxygen atoms in total. The van der Waals surface area contributed by atoms with E-state index < -0.39 is 9.84 Å². The van der Waals surface area contributed by atoms with Gasteiger partial charge in [-0.2, -0.15) is 0 Å². The lowest BCUT2D eigenvalue weighted by atomic mass is 10.2. The van der Waals surface area contributed by atoms with Crippen LogP contribution in [0.25, 0.3) is 0 Å². The molecule has 1 amide bonds. The Morgan fingerprint density at radius 1 is 1.38 bits per heavy atom. The van der Waals surface area contributed by atoms with E-state index in [0.717, 1.165) is 19.1 Å². The zero-order chi connectivity index (χ0) is 15.5. The number of halogens is 1. The zero-order valence-corrected chi connectivity index (χ0v) is 13.4. The first-order valence-corrected chi connectivity index (χ1v) is 9.12. The summed E-state index contributed by atoms with van der Waals surface area (Å²) in [5.41, 5.74) is 0.546. The highest BCUT2D eigenvalue weighted by molar-refractivity contribution is 7.90. The van der Waals surface area contributed by atoms with Crippen molar-refractivity contribution in [3.05, 3.63) is 28.8 Å². The summed E-state index contributed by atoms with van der Waals surface area (Å²) >= 11 is 6.07. The summed E-state index contributed by atoms with van der Waals surface area (Å²) in [6, 6.07) is 5.18. The number of sulfone groups is 1. The van der Waals surface area contributed by atoms with E-state index in [0.29, 0.717) is 36.1 Å². The summed E-state index contributed by atoms with van der Waals surface area (Å²) in [4.78, 5) is 11.8. The molecule has 0 radical (unpaired) electrons. The Labute approximate surface area is 130 Å². The molecule has 1 saturated carbocycles. The molecule has 0 bridgehead atoms. The van der Waals surface area contributed by atoms with E-state index in [1.54, 1.807) is 12.1 Å². The van der Waals surface area contributed by atoms with Crippen LogP contribution in [-0.2, 0) is 21.2 Å². The monoisotopic (exact) mass is 330 g/mol. The van der Waals surface area contributed by atoms with Crippen molar-refractivity contribution in [3.63, 3.8) is 0 Å². The number of amides is 1. The second-order valence-corrected chi connectivity index (χ2v) is 7.65. The van der Waals surface area contributed by atoms with E-state index >= 15 is 0 Å². The predicted molar refractivity (Wildman–Crippen MR) is 82.1 cm³/mol. The molecular weight excluding hydrogens is 312 g/mol. The quantitative estimate of drug-likeness (QED) is 0.743. The summed E-state index contributed by atoms with van der Waals surface area (Å²) in [6.07, 6.45) is 3.66. The van der Waals surface area contributed by atoms with Crippen LogP contribution in [0.2, 0.25) is 5.02 Å². The summed E-state index contributed by atoms with van der Waals surface area (Å²) < 4.78 is 23.4. The van der Waals surface area contributed by atoms with Crippen LogP contribution < -0.4 is 10.6 Å². The molecule has 21 heavy (non-hydrogen) atoms. The SMILES string of the molecule is CS(=O)(=O)c1cccc(Cl)c1CNCCC(=O)NC1CC1. The number of benzene rings is 1. The third kappa shape index (κ3) is 4.98. The van der Waals surface area contributed by atoms with Gasteiger partial charge in [0.25, 0.3) is 0 Å². The Morgan fingerprint density at radius 3 is 2.71 bits per heavy atom. The maximum Gasteiger partial charge on any atom is 0.221 e. The van der Waals surface area contributed by atoms with Crippen LogP contribution in [0.15, 0.2) is 23.1 Å². The fourth-order valence-corrected chi connectivity index (χ4v) is 3.25. The highest BCUT2D eigenvalue weighted by Crippen LogP contribution is 2.23. The average Bonchev–Trinajstić information content (AvgIpc) is 3.18. The Kier molecular flexibility index (Phi) is 5.24. The molecule has 2 N–H and O–H groups in total. The van der Waals surface area contributed by atoms with Gasteiger partial charge in [0.2, 0.25) is 5.91 Å². The minimum absolute atomic E-state index is 0.0208. The molecule has 7 heteroatoms. The molecule has 1 aromatic rings. The van der Waals surface area contributed by atoms with Gasteiger partial charge < -0.3 is 10.6 Å². The molecule has 1 aliphatic carbocycles. The number of rotatable bonds is 7. The van der Waals surface area contributed by atoms with Gasteiger partial charge in [-0.25, -0.2) is 8.42 Å². The van der Waals surface area contributed by atoms with Crippen LogP contribution in [-0.4, -0.2) is 33.2 Å². The molecule has 1 aliphatic rings. The number of carbonyl (C=O) groups excluding carboxylic acids is 1. The highest BCUT2D eigenvalue weighted by Gasteiger charge is 2.22. The van der Waals surface area contributed by atoms with Gasteiger partial charge in [0.05, 0.1) is 4.90 Å². The maximum atomic E-state index is 11.7. The lowest BCUT2D eigenvalue weighted by molar-refractivity contribution is -0.121. The van der Waals surface area contributed by atoms with Crippen molar-refractivity contribution >= 4 is 27.3 Å². The first-order valence-electron chi connectivity index (χ1n) is 6.85. The topological polar surface area (TPSA) is 75.3 Å². The second kappa shape index (κ2) is 6.77. The van der Waals surface area contributed by atoms with Crippen molar-refractivity contribution in [1.82, 2.24) is 10.6 Å². The molecule has 1 aromatic carbocycles. The normalized spacial score (nSPS) is 15.0. The lowest BCUT2D eigenvalue weighted by Crippen LogP contribution is -2.29. The van der Waals surface area contributed by atoms with Crippen molar-refractivity contribution in [1.29, 1.82) is 0 Å². The largest absolute Gasteiger partial charge is 0.353 e.